The predicted octanol–water partition coefficient (Wildman–Crippen LogP) is 13.3. The summed E-state index contributed by atoms with van der Waals surface area (Å²) in [5.41, 5.74) is 9.13. The number of aromatic nitrogens is 5. The van der Waals surface area contributed by atoms with Gasteiger partial charge in [0.2, 0.25) is 5.95 Å². The van der Waals surface area contributed by atoms with Crippen molar-refractivity contribution < 1.29 is 0 Å². The van der Waals surface area contributed by atoms with Crippen molar-refractivity contribution >= 4 is 124 Å². The molecule has 56 heavy (non-hydrogen) atoms. The fourth-order valence-electron chi connectivity index (χ4n) is 9.93. The Hall–Kier alpha value is -7.28. The lowest BCUT2D eigenvalue weighted by Gasteiger charge is -2.13. The molecular formula is C50H27N5S. The summed E-state index contributed by atoms with van der Waals surface area (Å²) in [5, 5.41) is 13.3. The quantitative estimate of drug-likeness (QED) is 0.178. The van der Waals surface area contributed by atoms with Crippen LogP contribution in [0.25, 0.3) is 125 Å². The van der Waals surface area contributed by atoms with Gasteiger partial charge in [-0.25, -0.2) is 4.98 Å². The fourth-order valence-corrected chi connectivity index (χ4v) is 11.1. The molecule has 5 nitrogen and oxygen atoms in total. The molecule has 14 aromatic rings. The summed E-state index contributed by atoms with van der Waals surface area (Å²) in [6, 6.07) is 59.5. The second kappa shape index (κ2) is 10.3. The van der Waals surface area contributed by atoms with Gasteiger partial charge in [-0.15, -0.1) is 11.3 Å². The largest absolute Gasteiger partial charge is 0.308 e. The van der Waals surface area contributed by atoms with Crippen LogP contribution in [0.15, 0.2) is 164 Å². The van der Waals surface area contributed by atoms with E-state index in [0.717, 1.165) is 43.5 Å². The summed E-state index contributed by atoms with van der Waals surface area (Å²) in [5.74, 6) is 1.56. The van der Waals surface area contributed by atoms with Crippen LogP contribution in [0.2, 0.25) is 0 Å². The molecule has 0 fully saturated rings. The number of para-hydroxylation sites is 4. The highest BCUT2D eigenvalue weighted by atomic mass is 32.1. The Morgan fingerprint density at radius 3 is 1.71 bits per heavy atom. The van der Waals surface area contributed by atoms with Crippen LogP contribution in [0, 0.1) is 0 Å². The van der Waals surface area contributed by atoms with Gasteiger partial charge in [0, 0.05) is 58.6 Å². The van der Waals surface area contributed by atoms with Gasteiger partial charge in [0.05, 0.1) is 48.8 Å². The minimum atomic E-state index is 0.664. The molecule has 0 unspecified atom stereocenters. The Balaban J connectivity index is 1.26. The highest BCUT2D eigenvalue weighted by molar-refractivity contribution is 7.26. The first-order valence-electron chi connectivity index (χ1n) is 19.0. The van der Waals surface area contributed by atoms with Gasteiger partial charge in [0.1, 0.15) is 0 Å². The minimum Gasteiger partial charge on any atom is -0.308 e. The molecule has 6 heteroatoms. The van der Waals surface area contributed by atoms with Crippen molar-refractivity contribution in [1.29, 1.82) is 0 Å². The zero-order chi connectivity index (χ0) is 36.2. The van der Waals surface area contributed by atoms with Crippen LogP contribution < -0.4 is 0 Å². The number of benzene rings is 8. The monoisotopic (exact) mass is 729 g/mol. The van der Waals surface area contributed by atoms with Crippen LogP contribution in [-0.4, -0.2) is 23.5 Å². The molecule has 0 aliphatic rings. The van der Waals surface area contributed by atoms with E-state index in [1.165, 1.54) is 75.1 Å². The highest BCUT2D eigenvalue weighted by Gasteiger charge is 2.27. The summed E-state index contributed by atoms with van der Waals surface area (Å²) in [6.07, 6.45) is 0. The van der Waals surface area contributed by atoms with E-state index >= 15 is 0 Å². The third-order valence-electron chi connectivity index (χ3n) is 12.2. The van der Waals surface area contributed by atoms with Gasteiger partial charge in [-0.05, 0) is 41.8 Å². The lowest BCUT2D eigenvalue weighted by atomic mass is 10.0. The molecule has 0 saturated heterocycles. The van der Waals surface area contributed by atoms with E-state index in [1.807, 2.05) is 0 Å². The van der Waals surface area contributed by atoms with Crippen molar-refractivity contribution in [2.45, 2.75) is 0 Å². The van der Waals surface area contributed by atoms with Gasteiger partial charge in [0.25, 0.3) is 0 Å². The van der Waals surface area contributed by atoms with Crippen molar-refractivity contribution in [2.24, 2.45) is 0 Å². The van der Waals surface area contributed by atoms with E-state index in [9.17, 15) is 0 Å². The molecule has 0 atom stereocenters. The Bertz CT molecular complexity index is 3960. The summed E-state index contributed by atoms with van der Waals surface area (Å²) in [7, 11) is 0. The third kappa shape index (κ3) is 3.47. The number of fused-ring (bicyclic) bond motifs is 18. The molecular weight excluding hydrogens is 703 g/mol. The first kappa shape index (κ1) is 29.1. The average Bonchev–Trinajstić information content (AvgIpc) is 4.05. The van der Waals surface area contributed by atoms with Crippen molar-refractivity contribution in [1.82, 2.24) is 23.5 Å². The second-order valence-electron chi connectivity index (χ2n) is 14.9. The van der Waals surface area contributed by atoms with Gasteiger partial charge in [-0.2, -0.15) is 4.98 Å². The molecule has 0 radical (unpaired) electrons. The Morgan fingerprint density at radius 1 is 0.393 bits per heavy atom. The second-order valence-corrected chi connectivity index (χ2v) is 16.0. The molecule has 0 N–H and O–H groups in total. The smallest absolute Gasteiger partial charge is 0.237 e. The van der Waals surface area contributed by atoms with E-state index in [-0.39, 0.29) is 0 Å². The summed E-state index contributed by atoms with van der Waals surface area (Å²) in [4.78, 5) is 11.4. The van der Waals surface area contributed by atoms with E-state index in [4.69, 9.17) is 9.97 Å². The first-order chi connectivity index (χ1) is 27.8. The molecule has 0 bridgehead atoms. The summed E-state index contributed by atoms with van der Waals surface area (Å²) >= 11 is 1.77. The van der Waals surface area contributed by atoms with E-state index < -0.39 is 0 Å². The zero-order valence-corrected chi connectivity index (χ0v) is 30.5. The van der Waals surface area contributed by atoms with Crippen LogP contribution in [-0.2, 0) is 0 Å². The first-order valence-corrected chi connectivity index (χ1v) is 19.8. The zero-order valence-electron chi connectivity index (χ0n) is 29.7. The normalized spacial score (nSPS) is 12.6. The lowest BCUT2D eigenvalue weighted by molar-refractivity contribution is 0.980. The maximum atomic E-state index is 5.78. The van der Waals surface area contributed by atoms with E-state index in [1.54, 1.807) is 11.3 Å². The van der Waals surface area contributed by atoms with Crippen LogP contribution in [0.4, 0.5) is 0 Å². The number of rotatable bonds is 2. The van der Waals surface area contributed by atoms with Crippen molar-refractivity contribution in [3.63, 3.8) is 0 Å². The Morgan fingerprint density at radius 2 is 0.964 bits per heavy atom. The lowest BCUT2D eigenvalue weighted by Crippen LogP contribution is -2.06. The summed E-state index contributed by atoms with van der Waals surface area (Å²) in [6.45, 7) is 0. The number of hydrogen-bond donors (Lipinski definition) is 0. The molecule has 0 saturated carbocycles. The van der Waals surface area contributed by atoms with Gasteiger partial charge in [-0.3, -0.25) is 9.13 Å². The van der Waals surface area contributed by atoms with Crippen LogP contribution in [0.5, 0.6) is 0 Å². The van der Waals surface area contributed by atoms with Crippen LogP contribution in [0.1, 0.15) is 0 Å². The molecule has 0 amide bonds. The number of thiophene rings is 1. The van der Waals surface area contributed by atoms with E-state index in [2.05, 4.69) is 177 Å². The topological polar surface area (TPSA) is 40.0 Å². The van der Waals surface area contributed by atoms with Crippen LogP contribution in [0.3, 0.4) is 0 Å². The Kier molecular flexibility index (Phi) is 5.34. The molecule has 0 aliphatic carbocycles. The Labute approximate surface area is 321 Å². The van der Waals surface area contributed by atoms with Crippen molar-refractivity contribution in [3.8, 4) is 11.8 Å². The van der Waals surface area contributed by atoms with Gasteiger partial charge in [-0.1, -0.05) is 127 Å². The van der Waals surface area contributed by atoms with E-state index in [0.29, 0.717) is 5.95 Å². The molecule has 6 heterocycles. The van der Waals surface area contributed by atoms with Gasteiger partial charge in [0.15, 0.2) is 5.82 Å². The maximum Gasteiger partial charge on any atom is 0.237 e. The van der Waals surface area contributed by atoms with Crippen molar-refractivity contribution in [3.05, 3.63) is 164 Å². The molecule has 258 valence electrons. The van der Waals surface area contributed by atoms with Gasteiger partial charge < -0.3 is 4.40 Å². The fraction of sp³-hybridized carbons (Fsp3) is 0. The molecule has 0 aliphatic heterocycles. The van der Waals surface area contributed by atoms with Gasteiger partial charge >= 0.3 is 0 Å². The average molecular weight is 730 g/mol. The standard InChI is InChI=1S/C50H27N5S/c1-2-14-29-28(13-1)25-26-33-37-27-36-32-17-5-8-20-38(32)53-41-23-11-6-18-34(41)43(46(36)53)47(37)55(45(29)33)50-51-44-35-19-7-12-24-42(35)56-48(44)49(52-50)54-39-21-9-3-15-30(39)31-16-4-10-22-40(31)54/h1-27H. The summed E-state index contributed by atoms with van der Waals surface area (Å²) < 4.78 is 9.50. The maximum absolute atomic E-state index is 5.78. The predicted molar refractivity (Wildman–Crippen MR) is 236 cm³/mol. The third-order valence-corrected chi connectivity index (χ3v) is 13.3. The van der Waals surface area contributed by atoms with Crippen molar-refractivity contribution in [2.75, 3.05) is 0 Å². The van der Waals surface area contributed by atoms with Crippen LogP contribution >= 0.6 is 11.3 Å². The molecule has 8 aromatic carbocycles. The number of nitrogens with zero attached hydrogens (tertiary/aromatic N) is 5. The number of hydrogen-bond acceptors (Lipinski definition) is 3. The molecule has 6 aromatic heterocycles. The SMILES string of the molecule is c1ccc2c(c1)ccc1c3cc4c5ccccc5n5c6ccccc6c(c3n(-c3nc(-n6c7ccccc7c7ccccc76)c6sc7ccccc7c6n3)c21)c45. The minimum absolute atomic E-state index is 0.664. The molecule has 0 spiro atoms. The highest BCUT2D eigenvalue weighted by Crippen LogP contribution is 2.48. The molecule has 14 rings (SSSR count).